The van der Waals surface area contributed by atoms with Crippen LogP contribution in [0.5, 0.6) is 0 Å². The van der Waals surface area contributed by atoms with E-state index in [4.69, 9.17) is 4.74 Å². The molecule has 2 amide bonds. The number of amides is 2. The Hall–Kier alpha value is -2.41. The van der Waals surface area contributed by atoms with Crippen molar-refractivity contribution in [1.82, 2.24) is 15.2 Å². The zero-order valence-corrected chi connectivity index (χ0v) is 19.8. The van der Waals surface area contributed by atoms with E-state index in [1.165, 1.54) is 0 Å². The summed E-state index contributed by atoms with van der Waals surface area (Å²) in [5.41, 5.74) is 1.23. The Morgan fingerprint density at radius 2 is 1.91 bits per heavy atom. The van der Waals surface area contributed by atoms with E-state index in [1.54, 1.807) is 11.0 Å². The summed E-state index contributed by atoms with van der Waals surface area (Å²) in [5, 5.41) is 14.1. The minimum Gasteiger partial charge on any atom is -0.444 e. The average Bonchev–Trinajstić information content (AvgIpc) is 2.74. The van der Waals surface area contributed by atoms with Crippen molar-refractivity contribution in [2.75, 3.05) is 13.1 Å². The molecule has 4 aliphatic carbocycles. The number of rotatable bonds is 3. The largest absolute Gasteiger partial charge is 0.444 e. The van der Waals surface area contributed by atoms with Gasteiger partial charge in [-0.2, -0.15) is 0 Å². The quantitative estimate of drug-likeness (QED) is 0.727. The van der Waals surface area contributed by atoms with E-state index in [-0.39, 0.29) is 18.0 Å². The highest BCUT2D eigenvalue weighted by Gasteiger charge is 2.55. The third-order valence-corrected chi connectivity index (χ3v) is 7.71. The van der Waals surface area contributed by atoms with Crippen LogP contribution in [0.25, 0.3) is 5.57 Å². The minimum atomic E-state index is -0.515. The van der Waals surface area contributed by atoms with Crippen LogP contribution in [0.15, 0.2) is 24.3 Å². The molecule has 178 valence electrons. The lowest BCUT2D eigenvalue weighted by atomic mass is 9.52. The normalized spacial score (nSPS) is 33.0. The Labute approximate surface area is 195 Å². The van der Waals surface area contributed by atoms with Gasteiger partial charge in [-0.25, -0.2) is 9.78 Å². The number of hydrogen-bond donors (Lipinski definition) is 2. The van der Waals surface area contributed by atoms with Gasteiger partial charge in [-0.15, -0.1) is 0 Å². The van der Waals surface area contributed by atoms with Gasteiger partial charge in [0.05, 0.1) is 11.3 Å². The number of pyridine rings is 1. The molecule has 4 bridgehead atoms. The fraction of sp³-hybridized carbons (Fsp3) is 0.654. The van der Waals surface area contributed by atoms with Gasteiger partial charge in [0.1, 0.15) is 11.3 Å². The first-order chi connectivity index (χ1) is 15.6. The molecule has 0 saturated heterocycles. The summed E-state index contributed by atoms with van der Waals surface area (Å²) in [5.74, 6) is 1.22. The molecule has 2 atom stereocenters. The number of ether oxygens (including phenoxy) is 1. The number of carbonyl (C=O) groups is 2. The molecule has 7 heteroatoms. The molecule has 0 radical (unpaired) electrons. The number of aromatic nitrogens is 1. The van der Waals surface area contributed by atoms with Crippen LogP contribution >= 0.6 is 0 Å². The van der Waals surface area contributed by atoms with E-state index in [0.29, 0.717) is 43.0 Å². The molecule has 1 aromatic rings. The summed E-state index contributed by atoms with van der Waals surface area (Å²) < 4.78 is 5.46. The third-order valence-electron chi connectivity index (χ3n) is 7.71. The summed E-state index contributed by atoms with van der Waals surface area (Å²) in [6, 6.07) is 5.69. The maximum Gasteiger partial charge on any atom is 0.410 e. The van der Waals surface area contributed by atoms with Gasteiger partial charge < -0.3 is 20.1 Å². The number of aliphatic hydroxyl groups is 1. The molecule has 0 spiro atoms. The lowest BCUT2D eigenvalue weighted by molar-refractivity contribution is -0.136. The van der Waals surface area contributed by atoms with Gasteiger partial charge >= 0.3 is 6.09 Å². The van der Waals surface area contributed by atoms with Crippen molar-refractivity contribution < 1.29 is 19.4 Å². The van der Waals surface area contributed by atoms with Gasteiger partial charge in [0.2, 0.25) is 0 Å². The second kappa shape index (κ2) is 8.12. The second-order valence-electron chi connectivity index (χ2n) is 11.5. The van der Waals surface area contributed by atoms with Crippen LogP contribution in [0.4, 0.5) is 4.79 Å². The van der Waals surface area contributed by atoms with Gasteiger partial charge in [0.15, 0.2) is 0 Å². The highest BCUT2D eigenvalue weighted by molar-refractivity contribution is 5.93. The van der Waals surface area contributed by atoms with Crippen molar-refractivity contribution >= 4 is 17.6 Å². The maximum absolute atomic E-state index is 13.1. The average molecular weight is 454 g/mol. The van der Waals surface area contributed by atoms with Crippen LogP contribution in [0.1, 0.15) is 75.5 Å². The summed E-state index contributed by atoms with van der Waals surface area (Å²) in [7, 11) is 0. The Bertz CT molecular complexity index is 966. The molecule has 6 rings (SSSR count). The standard InChI is InChI=1S/C26H35N3O4/c1-25(2,3)33-24(31)29-9-7-17(8-10-29)20-5-4-6-21(27-20)23(30)28-22-18-11-16-12-19(22)15-26(32,13-16)14-18/h4-7,16,18-19,22,32H,8-15H2,1-3H3,(H,28,30). The van der Waals surface area contributed by atoms with Gasteiger partial charge in [0.25, 0.3) is 5.91 Å². The van der Waals surface area contributed by atoms with Crippen molar-refractivity contribution in [3.63, 3.8) is 0 Å². The topological polar surface area (TPSA) is 91.8 Å². The van der Waals surface area contributed by atoms with Crippen molar-refractivity contribution in [3.8, 4) is 0 Å². The molecule has 1 aliphatic heterocycles. The van der Waals surface area contributed by atoms with Crippen molar-refractivity contribution in [1.29, 1.82) is 0 Å². The molecule has 4 fully saturated rings. The van der Waals surface area contributed by atoms with Crippen LogP contribution in [-0.2, 0) is 4.74 Å². The minimum absolute atomic E-state index is 0.131. The van der Waals surface area contributed by atoms with E-state index in [0.717, 1.165) is 43.4 Å². The maximum atomic E-state index is 13.1. The Kier molecular flexibility index (Phi) is 5.51. The predicted molar refractivity (Wildman–Crippen MR) is 124 cm³/mol. The smallest absolute Gasteiger partial charge is 0.410 e. The fourth-order valence-corrected chi connectivity index (χ4v) is 6.58. The molecule has 33 heavy (non-hydrogen) atoms. The first-order valence-electron chi connectivity index (χ1n) is 12.3. The number of hydrogen-bond acceptors (Lipinski definition) is 5. The van der Waals surface area contributed by atoms with E-state index < -0.39 is 11.2 Å². The van der Waals surface area contributed by atoms with Gasteiger partial charge in [-0.05, 0) is 94.8 Å². The van der Waals surface area contributed by atoms with Crippen LogP contribution in [-0.4, -0.2) is 57.3 Å². The zero-order chi connectivity index (χ0) is 23.4. The summed E-state index contributed by atoms with van der Waals surface area (Å²) in [6.07, 6.45) is 7.12. The van der Waals surface area contributed by atoms with Crippen molar-refractivity contribution in [2.45, 2.75) is 76.5 Å². The molecule has 0 aromatic carbocycles. The van der Waals surface area contributed by atoms with Crippen LogP contribution in [0, 0.1) is 17.8 Å². The highest BCUT2D eigenvalue weighted by atomic mass is 16.6. The SMILES string of the molecule is CC(C)(C)OC(=O)N1CC=C(c2cccc(C(=O)NC3C4CC5CC3CC(O)(C5)C4)n2)CC1. The monoisotopic (exact) mass is 453 g/mol. The lowest BCUT2D eigenvalue weighted by Crippen LogP contribution is -2.61. The molecule has 1 aromatic heterocycles. The third kappa shape index (κ3) is 4.65. The second-order valence-corrected chi connectivity index (χ2v) is 11.5. The highest BCUT2D eigenvalue weighted by Crippen LogP contribution is 2.55. The molecule has 7 nitrogen and oxygen atoms in total. The molecule has 4 saturated carbocycles. The number of nitrogens with one attached hydrogen (secondary N) is 1. The van der Waals surface area contributed by atoms with E-state index >= 15 is 0 Å². The summed E-state index contributed by atoms with van der Waals surface area (Å²) >= 11 is 0. The lowest BCUT2D eigenvalue weighted by Gasteiger charge is -2.58. The van der Waals surface area contributed by atoms with E-state index in [1.807, 2.05) is 39.0 Å². The number of nitrogens with zero attached hydrogens (tertiary/aromatic N) is 2. The van der Waals surface area contributed by atoms with Gasteiger partial charge in [-0.1, -0.05) is 12.1 Å². The molecule has 2 N–H and O–H groups in total. The Balaban J connectivity index is 1.24. The molecular weight excluding hydrogens is 418 g/mol. The summed E-state index contributed by atoms with van der Waals surface area (Å²) in [4.78, 5) is 31.8. The molecule has 2 heterocycles. The first kappa shape index (κ1) is 22.4. The van der Waals surface area contributed by atoms with Crippen LogP contribution < -0.4 is 5.32 Å². The van der Waals surface area contributed by atoms with Crippen molar-refractivity contribution in [3.05, 3.63) is 35.7 Å². The predicted octanol–water partition coefficient (Wildman–Crippen LogP) is 3.78. The van der Waals surface area contributed by atoms with Gasteiger partial charge in [-0.3, -0.25) is 4.79 Å². The molecule has 5 aliphatic rings. The van der Waals surface area contributed by atoms with Crippen LogP contribution in [0.2, 0.25) is 0 Å². The summed E-state index contributed by atoms with van der Waals surface area (Å²) in [6.45, 7) is 6.62. The Morgan fingerprint density at radius 1 is 1.18 bits per heavy atom. The van der Waals surface area contributed by atoms with E-state index in [2.05, 4.69) is 10.3 Å². The number of carbonyl (C=O) groups excluding carboxylic acids is 2. The first-order valence-corrected chi connectivity index (χ1v) is 12.3. The Morgan fingerprint density at radius 3 is 2.52 bits per heavy atom. The van der Waals surface area contributed by atoms with Crippen molar-refractivity contribution in [2.24, 2.45) is 17.8 Å². The molecular formula is C26H35N3O4. The fourth-order valence-electron chi connectivity index (χ4n) is 6.58. The van der Waals surface area contributed by atoms with E-state index in [9.17, 15) is 14.7 Å². The zero-order valence-electron chi connectivity index (χ0n) is 19.8. The van der Waals surface area contributed by atoms with Crippen LogP contribution in [0.3, 0.4) is 0 Å². The van der Waals surface area contributed by atoms with Gasteiger partial charge in [0, 0.05) is 19.1 Å². The molecule has 2 unspecified atom stereocenters.